The van der Waals surface area contributed by atoms with Gasteiger partial charge in [-0.25, -0.2) is 0 Å². The van der Waals surface area contributed by atoms with Crippen molar-refractivity contribution in [2.24, 2.45) is 5.92 Å². The Kier molecular flexibility index (Phi) is 4.11. The summed E-state index contributed by atoms with van der Waals surface area (Å²) in [6, 6.07) is 12.4. The number of amides is 1. The minimum atomic E-state index is 0.206. The first kappa shape index (κ1) is 14.3. The van der Waals surface area contributed by atoms with Gasteiger partial charge in [0, 0.05) is 18.0 Å². The van der Waals surface area contributed by atoms with Crippen LogP contribution in [0.3, 0.4) is 0 Å². The summed E-state index contributed by atoms with van der Waals surface area (Å²) >= 11 is 1.62. The Morgan fingerprint density at radius 3 is 2.52 bits per heavy atom. The van der Waals surface area contributed by atoms with E-state index in [2.05, 4.69) is 26.0 Å². The molecule has 1 aromatic heterocycles. The molecule has 2 aromatic rings. The standard InChI is InChI=1S/C18H21NOS/c1-13-8-10-19(11-9-13)18(20)16-12-14(2)17(21-16)15-6-4-3-5-7-15/h3-7,12-13H,8-11H2,1-2H3. The normalized spacial score (nSPS) is 16.2. The van der Waals surface area contributed by atoms with Crippen molar-refractivity contribution in [2.45, 2.75) is 26.7 Å². The fraction of sp³-hybridized carbons (Fsp3) is 0.389. The Hall–Kier alpha value is -1.61. The Balaban J connectivity index is 1.82. The molecular formula is C18H21NOS. The van der Waals surface area contributed by atoms with E-state index in [1.165, 1.54) is 16.0 Å². The fourth-order valence-electron chi connectivity index (χ4n) is 2.83. The van der Waals surface area contributed by atoms with Gasteiger partial charge in [-0.3, -0.25) is 4.79 Å². The number of carbonyl (C=O) groups is 1. The van der Waals surface area contributed by atoms with Gasteiger partial charge in [0.05, 0.1) is 4.88 Å². The zero-order chi connectivity index (χ0) is 14.8. The molecule has 2 heterocycles. The number of aryl methyl sites for hydroxylation is 1. The summed E-state index contributed by atoms with van der Waals surface area (Å²) in [4.78, 5) is 16.7. The lowest BCUT2D eigenvalue weighted by Gasteiger charge is -2.29. The monoisotopic (exact) mass is 299 g/mol. The summed E-state index contributed by atoms with van der Waals surface area (Å²) in [7, 11) is 0. The summed E-state index contributed by atoms with van der Waals surface area (Å²) in [5.41, 5.74) is 2.39. The molecule has 1 fully saturated rings. The molecule has 0 unspecified atom stereocenters. The van der Waals surface area contributed by atoms with Crippen molar-refractivity contribution in [2.75, 3.05) is 13.1 Å². The van der Waals surface area contributed by atoms with Crippen LogP contribution >= 0.6 is 11.3 Å². The number of carbonyl (C=O) groups excluding carboxylic acids is 1. The van der Waals surface area contributed by atoms with Crippen LogP contribution < -0.4 is 0 Å². The summed E-state index contributed by atoms with van der Waals surface area (Å²) in [5, 5.41) is 0. The molecule has 0 atom stereocenters. The summed E-state index contributed by atoms with van der Waals surface area (Å²) in [5.74, 6) is 0.955. The van der Waals surface area contributed by atoms with E-state index in [-0.39, 0.29) is 5.91 Å². The number of hydrogen-bond acceptors (Lipinski definition) is 2. The molecule has 21 heavy (non-hydrogen) atoms. The fourth-order valence-corrected chi connectivity index (χ4v) is 3.98. The van der Waals surface area contributed by atoms with E-state index < -0.39 is 0 Å². The van der Waals surface area contributed by atoms with Crippen molar-refractivity contribution in [3.8, 4) is 10.4 Å². The second-order valence-corrected chi connectivity index (χ2v) is 7.02. The van der Waals surface area contributed by atoms with Gasteiger partial charge in [0.15, 0.2) is 0 Å². The summed E-state index contributed by atoms with van der Waals surface area (Å²) in [6.07, 6.45) is 2.25. The Morgan fingerprint density at radius 1 is 1.19 bits per heavy atom. The van der Waals surface area contributed by atoms with Gasteiger partial charge in [0.25, 0.3) is 5.91 Å². The molecule has 1 aliphatic rings. The first-order valence-corrected chi connectivity index (χ1v) is 8.42. The number of hydrogen-bond donors (Lipinski definition) is 0. The molecule has 1 amide bonds. The largest absolute Gasteiger partial charge is 0.338 e. The van der Waals surface area contributed by atoms with Gasteiger partial charge >= 0.3 is 0 Å². The maximum absolute atomic E-state index is 12.6. The highest BCUT2D eigenvalue weighted by atomic mass is 32.1. The van der Waals surface area contributed by atoms with E-state index in [0.29, 0.717) is 0 Å². The lowest BCUT2D eigenvalue weighted by Crippen LogP contribution is -2.37. The van der Waals surface area contributed by atoms with Crippen LogP contribution in [0.5, 0.6) is 0 Å². The zero-order valence-electron chi connectivity index (χ0n) is 12.6. The van der Waals surface area contributed by atoms with E-state index >= 15 is 0 Å². The van der Waals surface area contributed by atoms with Crippen LogP contribution in [0.1, 0.15) is 35.0 Å². The number of rotatable bonds is 2. The van der Waals surface area contributed by atoms with E-state index in [1.54, 1.807) is 11.3 Å². The number of nitrogens with zero attached hydrogens (tertiary/aromatic N) is 1. The van der Waals surface area contributed by atoms with Crippen LogP contribution in [-0.2, 0) is 0 Å². The maximum Gasteiger partial charge on any atom is 0.263 e. The third kappa shape index (κ3) is 3.03. The van der Waals surface area contributed by atoms with Crippen molar-refractivity contribution >= 4 is 17.2 Å². The van der Waals surface area contributed by atoms with Gasteiger partial charge in [-0.15, -0.1) is 11.3 Å². The van der Waals surface area contributed by atoms with Gasteiger partial charge < -0.3 is 4.90 Å². The van der Waals surface area contributed by atoms with Crippen molar-refractivity contribution in [1.29, 1.82) is 0 Å². The lowest BCUT2D eigenvalue weighted by atomic mass is 9.99. The van der Waals surface area contributed by atoms with Gasteiger partial charge in [0.1, 0.15) is 0 Å². The number of likely N-dealkylation sites (tertiary alicyclic amines) is 1. The van der Waals surface area contributed by atoms with Crippen LogP contribution in [0.2, 0.25) is 0 Å². The number of piperidine rings is 1. The predicted molar refractivity (Wildman–Crippen MR) is 88.8 cm³/mol. The summed E-state index contributed by atoms with van der Waals surface area (Å²) < 4.78 is 0. The molecule has 0 saturated carbocycles. The van der Waals surface area contributed by atoms with Crippen molar-refractivity contribution < 1.29 is 4.79 Å². The van der Waals surface area contributed by atoms with Crippen molar-refractivity contribution in [3.63, 3.8) is 0 Å². The molecule has 3 heteroatoms. The highest BCUT2D eigenvalue weighted by Gasteiger charge is 2.23. The lowest BCUT2D eigenvalue weighted by molar-refractivity contribution is 0.0702. The van der Waals surface area contributed by atoms with Crippen molar-refractivity contribution in [3.05, 3.63) is 46.8 Å². The Morgan fingerprint density at radius 2 is 1.86 bits per heavy atom. The molecule has 1 saturated heterocycles. The minimum absolute atomic E-state index is 0.206. The average molecular weight is 299 g/mol. The van der Waals surface area contributed by atoms with Crippen LogP contribution in [0.15, 0.2) is 36.4 Å². The molecule has 1 aliphatic heterocycles. The summed E-state index contributed by atoms with van der Waals surface area (Å²) in [6.45, 7) is 6.16. The van der Waals surface area contributed by atoms with Gasteiger partial charge in [-0.1, -0.05) is 37.3 Å². The molecule has 2 nitrogen and oxygen atoms in total. The molecule has 0 bridgehead atoms. The minimum Gasteiger partial charge on any atom is -0.338 e. The number of thiophene rings is 1. The second kappa shape index (κ2) is 6.02. The van der Waals surface area contributed by atoms with Crippen LogP contribution in [0, 0.1) is 12.8 Å². The molecule has 1 aromatic carbocycles. The third-order valence-electron chi connectivity index (χ3n) is 4.24. The van der Waals surface area contributed by atoms with Gasteiger partial charge in [-0.05, 0) is 42.9 Å². The topological polar surface area (TPSA) is 20.3 Å². The maximum atomic E-state index is 12.6. The molecule has 0 N–H and O–H groups in total. The Labute approximate surface area is 130 Å². The average Bonchev–Trinajstić information content (AvgIpc) is 2.90. The molecule has 0 aliphatic carbocycles. The third-order valence-corrected chi connectivity index (χ3v) is 5.51. The molecule has 110 valence electrons. The van der Waals surface area contributed by atoms with Crippen molar-refractivity contribution in [1.82, 2.24) is 4.90 Å². The van der Waals surface area contributed by atoms with E-state index in [4.69, 9.17) is 0 Å². The smallest absolute Gasteiger partial charge is 0.263 e. The first-order chi connectivity index (χ1) is 10.1. The van der Waals surface area contributed by atoms with Crippen LogP contribution in [0.25, 0.3) is 10.4 Å². The number of benzene rings is 1. The second-order valence-electron chi connectivity index (χ2n) is 5.96. The molecule has 0 radical (unpaired) electrons. The van der Waals surface area contributed by atoms with Gasteiger partial charge in [-0.2, -0.15) is 0 Å². The highest BCUT2D eigenvalue weighted by molar-refractivity contribution is 7.17. The van der Waals surface area contributed by atoms with Crippen LogP contribution in [0.4, 0.5) is 0 Å². The van der Waals surface area contributed by atoms with E-state index in [0.717, 1.165) is 36.7 Å². The quantitative estimate of drug-likeness (QED) is 0.794. The van der Waals surface area contributed by atoms with E-state index in [1.807, 2.05) is 29.2 Å². The first-order valence-electron chi connectivity index (χ1n) is 7.60. The molecule has 3 rings (SSSR count). The molecular weight excluding hydrogens is 278 g/mol. The highest BCUT2D eigenvalue weighted by Crippen LogP contribution is 2.33. The van der Waals surface area contributed by atoms with Crippen LogP contribution in [-0.4, -0.2) is 23.9 Å². The predicted octanol–water partition coefficient (Wildman–Crippen LogP) is 4.60. The van der Waals surface area contributed by atoms with E-state index in [9.17, 15) is 4.79 Å². The zero-order valence-corrected chi connectivity index (χ0v) is 13.5. The molecule has 0 spiro atoms. The van der Waals surface area contributed by atoms with Gasteiger partial charge in [0.2, 0.25) is 0 Å². The SMILES string of the molecule is Cc1cc(C(=O)N2CCC(C)CC2)sc1-c1ccccc1. The Bertz CT molecular complexity index is 624.